The number of piperidine rings is 1. The van der Waals surface area contributed by atoms with Gasteiger partial charge in [-0.05, 0) is 51.7 Å². The van der Waals surface area contributed by atoms with Gasteiger partial charge in [-0.15, -0.1) is 4.40 Å². The Hall–Kier alpha value is -2.42. The molecule has 0 aliphatic carbocycles. The van der Waals surface area contributed by atoms with E-state index >= 15 is 0 Å². The molecule has 2 aliphatic rings. The van der Waals surface area contributed by atoms with Crippen molar-refractivity contribution >= 4 is 27.7 Å². The van der Waals surface area contributed by atoms with Gasteiger partial charge in [0.25, 0.3) is 15.9 Å². The lowest BCUT2D eigenvalue weighted by atomic mass is 10.0. The average Bonchev–Trinajstić information content (AvgIpc) is 2.97. The van der Waals surface area contributed by atoms with Crippen molar-refractivity contribution in [1.29, 1.82) is 0 Å². The minimum absolute atomic E-state index is 0.147. The summed E-state index contributed by atoms with van der Waals surface area (Å²) in [4.78, 5) is 26.7. The number of sulfonamides is 1. The van der Waals surface area contributed by atoms with Crippen LogP contribution < -0.4 is 5.32 Å². The molecule has 0 unspecified atom stereocenters. The van der Waals surface area contributed by atoms with Crippen molar-refractivity contribution in [2.45, 2.75) is 62.9 Å². The number of carbonyl (C=O) groups excluding carboxylic acids is 2. The van der Waals surface area contributed by atoms with Crippen molar-refractivity contribution in [3.8, 4) is 0 Å². The zero-order valence-corrected chi connectivity index (χ0v) is 17.8. The van der Waals surface area contributed by atoms with Crippen LogP contribution in [0.15, 0.2) is 33.6 Å². The van der Waals surface area contributed by atoms with E-state index in [0.717, 1.165) is 19.3 Å². The van der Waals surface area contributed by atoms with Crippen molar-refractivity contribution < 1.29 is 22.7 Å². The predicted octanol–water partition coefficient (Wildman–Crippen LogP) is 1.84. The molecule has 1 aromatic carbocycles. The molecule has 1 saturated heterocycles. The Bertz CT molecular complexity index is 939. The van der Waals surface area contributed by atoms with Gasteiger partial charge in [0.15, 0.2) is 12.4 Å². The Kier molecular flexibility index (Phi) is 5.97. The summed E-state index contributed by atoms with van der Waals surface area (Å²) in [5, 5.41) is 2.82. The first kappa shape index (κ1) is 21.3. The number of rotatable bonds is 5. The van der Waals surface area contributed by atoms with E-state index in [1.807, 2.05) is 20.8 Å². The zero-order chi connectivity index (χ0) is 21.2. The van der Waals surface area contributed by atoms with Gasteiger partial charge in [-0.25, -0.2) is 4.79 Å². The topological polar surface area (TPSA) is 105 Å². The molecule has 9 heteroatoms. The highest BCUT2D eigenvalue weighted by Gasteiger charge is 2.38. The normalized spacial score (nSPS) is 20.6. The maximum Gasteiger partial charge on any atom is 0.329 e. The monoisotopic (exact) mass is 421 g/mol. The second-order valence-corrected chi connectivity index (χ2v) is 9.56. The third-order valence-corrected chi connectivity index (χ3v) is 6.69. The molecule has 1 atom stereocenters. The Labute approximate surface area is 171 Å². The maximum absolute atomic E-state index is 12.7. The molecular weight excluding hydrogens is 394 g/mol. The third-order valence-electron chi connectivity index (χ3n) is 5.37. The van der Waals surface area contributed by atoms with Gasteiger partial charge >= 0.3 is 5.97 Å². The van der Waals surface area contributed by atoms with Gasteiger partial charge in [0, 0.05) is 17.6 Å². The molecule has 2 aliphatic heterocycles. The number of likely N-dealkylation sites (tertiary alicyclic amines) is 1. The Balaban J connectivity index is 1.74. The second kappa shape index (κ2) is 8.14. The van der Waals surface area contributed by atoms with Crippen LogP contribution in [0.5, 0.6) is 0 Å². The van der Waals surface area contributed by atoms with Crippen molar-refractivity contribution in [3.05, 3.63) is 29.8 Å². The predicted molar refractivity (Wildman–Crippen MR) is 108 cm³/mol. The number of hydrogen-bond donors (Lipinski definition) is 1. The van der Waals surface area contributed by atoms with E-state index in [9.17, 15) is 18.0 Å². The highest BCUT2D eigenvalue weighted by molar-refractivity contribution is 7.90. The van der Waals surface area contributed by atoms with Crippen molar-refractivity contribution in [2.75, 3.05) is 13.2 Å². The summed E-state index contributed by atoms with van der Waals surface area (Å²) in [5.41, 5.74) is 0.117. The molecule has 0 radical (unpaired) electrons. The molecule has 29 heavy (non-hydrogen) atoms. The standard InChI is InChI=1S/C20H27N3O5S/c1-4-20(2,3)21-17(24)13-28-19(25)15-10-7-8-12-23(15)18-14-9-5-6-11-16(14)29(26,27)22-18/h5-6,9,11,15H,4,7-8,10,12-13H2,1-3H3,(H,21,24)/t15-/m0/s1. The molecule has 0 bridgehead atoms. The first-order valence-electron chi connectivity index (χ1n) is 9.83. The van der Waals surface area contributed by atoms with E-state index in [2.05, 4.69) is 9.71 Å². The summed E-state index contributed by atoms with van der Waals surface area (Å²) in [7, 11) is -3.77. The SMILES string of the molecule is CCC(C)(C)NC(=O)COC(=O)[C@@H]1CCCCN1C1=NS(=O)(=O)c2ccccc21. The van der Waals surface area contributed by atoms with Crippen LogP contribution in [0.25, 0.3) is 0 Å². The lowest BCUT2D eigenvalue weighted by Gasteiger charge is -2.35. The van der Waals surface area contributed by atoms with Gasteiger partial charge in [-0.2, -0.15) is 8.42 Å². The quantitative estimate of drug-likeness (QED) is 0.728. The summed E-state index contributed by atoms with van der Waals surface area (Å²) >= 11 is 0. The van der Waals surface area contributed by atoms with Crippen molar-refractivity contribution in [2.24, 2.45) is 4.40 Å². The smallest absolute Gasteiger partial charge is 0.329 e. The third kappa shape index (κ3) is 4.60. The molecule has 1 aromatic rings. The molecule has 1 fully saturated rings. The molecule has 1 amide bonds. The van der Waals surface area contributed by atoms with Crippen LogP contribution in [-0.4, -0.2) is 55.8 Å². The number of amidine groups is 1. The Morgan fingerprint density at radius 2 is 2.00 bits per heavy atom. The van der Waals surface area contributed by atoms with Crippen LogP contribution in [0.2, 0.25) is 0 Å². The molecule has 8 nitrogen and oxygen atoms in total. The van der Waals surface area contributed by atoms with Gasteiger partial charge in [-0.3, -0.25) is 4.79 Å². The number of amides is 1. The summed E-state index contributed by atoms with van der Waals surface area (Å²) in [5.74, 6) is -0.629. The van der Waals surface area contributed by atoms with E-state index in [4.69, 9.17) is 4.74 Å². The Morgan fingerprint density at radius 3 is 2.72 bits per heavy atom. The van der Waals surface area contributed by atoms with Crippen LogP contribution in [-0.2, 0) is 24.3 Å². The largest absolute Gasteiger partial charge is 0.454 e. The van der Waals surface area contributed by atoms with Gasteiger partial charge in [0.1, 0.15) is 10.9 Å². The van der Waals surface area contributed by atoms with Crippen LogP contribution in [0.1, 0.15) is 52.0 Å². The number of fused-ring (bicyclic) bond motifs is 1. The molecule has 1 N–H and O–H groups in total. The molecule has 0 aromatic heterocycles. The summed E-state index contributed by atoms with van der Waals surface area (Å²) in [6.45, 7) is 5.88. The van der Waals surface area contributed by atoms with Gasteiger partial charge in [0.05, 0.1) is 0 Å². The lowest BCUT2D eigenvalue weighted by Crippen LogP contribution is -2.50. The average molecular weight is 422 g/mol. The van der Waals surface area contributed by atoms with Crippen LogP contribution in [0.4, 0.5) is 0 Å². The number of ether oxygens (including phenoxy) is 1. The number of esters is 1. The summed E-state index contributed by atoms with van der Waals surface area (Å²) < 4.78 is 33.9. The van der Waals surface area contributed by atoms with E-state index in [1.54, 1.807) is 23.1 Å². The molecule has 0 spiro atoms. The van der Waals surface area contributed by atoms with Crippen LogP contribution in [0.3, 0.4) is 0 Å². The summed E-state index contributed by atoms with van der Waals surface area (Å²) in [6, 6.07) is 5.92. The number of hydrogen-bond acceptors (Lipinski definition) is 6. The minimum Gasteiger partial charge on any atom is -0.454 e. The van der Waals surface area contributed by atoms with Crippen LogP contribution in [0, 0.1) is 0 Å². The molecule has 3 rings (SSSR count). The van der Waals surface area contributed by atoms with Crippen molar-refractivity contribution in [1.82, 2.24) is 10.2 Å². The van der Waals surface area contributed by atoms with Gasteiger partial charge in [-0.1, -0.05) is 19.1 Å². The number of carbonyl (C=O) groups is 2. The second-order valence-electron chi connectivity index (χ2n) is 7.98. The van der Waals surface area contributed by atoms with E-state index in [-0.39, 0.29) is 28.8 Å². The number of benzene rings is 1. The van der Waals surface area contributed by atoms with E-state index in [1.165, 1.54) is 6.07 Å². The van der Waals surface area contributed by atoms with Gasteiger partial charge in [0.2, 0.25) is 0 Å². The van der Waals surface area contributed by atoms with Crippen molar-refractivity contribution in [3.63, 3.8) is 0 Å². The van der Waals surface area contributed by atoms with Gasteiger partial charge < -0.3 is 15.0 Å². The lowest BCUT2D eigenvalue weighted by molar-refractivity contribution is -0.153. The fourth-order valence-corrected chi connectivity index (χ4v) is 4.68. The summed E-state index contributed by atoms with van der Waals surface area (Å²) in [6.07, 6.45) is 2.89. The Morgan fingerprint density at radius 1 is 1.28 bits per heavy atom. The molecule has 0 saturated carbocycles. The van der Waals surface area contributed by atoms with Crippen LogP contribution >= 0.6 is 0 Å². The fourth-order valence-electron chi connectivity index (χ4n) is 3.46. The highest BCUT2D eigenvalue weighted by atomic mass is 32.2. The fraction of sp³-hybridized carbons (Fsp3) is 0.550. The molecule has 158 valence electrons. The highest BCUT2D eigenvalue weighted by Crippen LogP contribution is 2.30. The minimum atomic E-state index is -3.77. The number of nitrogens with one attached hydrogen (secondary N) is 1. The molecule has 2 heterocycles. The van der Waals surface area contributed by atoms with E-state index < -0.39 is 22.0 Å². The number of nitrogens with zero attached hydrogens (tertiary/aromatic N) is 2. The molecular formula is C20H27N3O5S. The first-order chi connectivity index (χ1) is 13.6. The maximum atomic E-state index is 12.7. The van der Waals surface area contributed by atoms with E-state index in [0.29, 0.717) is 18.5 Å². The first-order valence-corrected chi connectivity index (χ1v) is 11.3. The zero-order valence-electron chi connectivity index (χ0n) is 17.0.